The number of aromatic nitrogens is 5. The van der Waals surface area contributed by atoms with Crippen LogP contribution in [0.5, 0.6) is 11.5 Å². The summed E-state index contributed by atoms with van der Waals surface area (Å²) in [7, 11) is 0. The molecule has 0 saturated heterocycles. The maximum Gasteiger partial charge on any atom is 0.234 e. The van der Waals surface area contributed by atoms with Crippen molar-refractivity contribution >= 4 is 34.5 Å². The summed E-state index contributed by atoms with van der Waals surface area (Å²) in [6, 6.07) is 13.8. The lowest BCUT2D eigenvalue weighted by atomic mass is 10.0. The number of aryl methyl sites for hydroxylation is 2. The highest BCUT2D eigenvalue weighted by atomic mass is 32.2. The Morgan fingerprint density at radius 1 is 1.00 bits per heavy atom. The maximum atomic E-state index is 12.8. The number of rotatable bonds is 9. The molecule has 0 aliphatic rings. The van der Waals surface area contributed by atoms with Crippen molar-refractivity contribution in [2.75, 3.05) is 24.3 Å². The molecular weight excluding hydrogens is 488 g/mol. The molecule has 2 aromatic carbocycles. The van der Waals surface area contributed by atoms with Crippen LogP contribution in [0.25, 0.3) is 22.4 Å². The second-order valence-electron chi connectivity index (χ2n) is 8.51. The third-order valence-corrected chi connectivity index (χ3v) is 6.77. The Morgan fingerprint density at radius 3 is 2.65 bits per heavy atom. The molecule has 1 N–H and O–H groups in total. The van der Waals surface area contributed by atoms with Gasteiger partial charge in [0.05, 0.1) is 30.3 Å². The van der Waals surface area contributed by atoms with Gasteiger partial charge in [0.15, 0.2) is 10.8 Å². The normalized spacial score (nSPS) is 11.2. The fourth-order valence-electron chi connectivity index (χ4n) is 4.09. The van der Waals surface area contributed by atoms with E-state index in [9.17, 15) is 4.79 Å². The minimum atomic E-state index is -0.181. The number of hydrogen-bond acceptors (Lipinski definition) is 7. The van der Waals surface area contributed by atoms with Crippen molar-refractivity contribution in [2.24, 2.45) is 0 Å². The minimum absolute atomic E-state index is 0.156. The summed E-state index contributed by atoms with van der Waals surface area (Å²) in [5.41, 5.74) is 6.41. The van der Waals surface area contributed by atoms with Crippen molar-refractivity contribution in [3.05, 3.63) is 66.0 Å². The van der Waals surface area contributed by atoms with Crippen LogP contribution in [0.4, 0.5) is 5.69 Å². The highest BCUT2D eigenvalue weighted by Gasteiger charge is 2.16. The van der Waals surface area contributed by atoms with E-state index in [0.717, 1.165) is 22.3 Å². The molecule has 0 saturated carbocycles. The Morgan fingerprint density at radius 2 is 1.84 bits per heavy atom. The molecule has 10 heteroatoms. The molecular formula is C27H28N6O3S. The molecule has 5 rings (SSSR count). The molecule has 0 fully saturated rings. The van der Waals surface area contributed by atoms with Gasteiger partial charge in [-0.2, -0.15) is 5.10 Å². The predicted octanol–water partition coefficient (Wildman–Crippen LogP) is 5.19. The number of ether oxygens (including phenoxy) is 2. The Labute approximate surface area is 218 Å². The molecule has 3 aromatic heterocycles. The SMILES string of the molecule is CCOc1ccc(OCC)c(NC(=O)CSc2nnc3c4cc(-c5cc(C)ccc5C)nn4ccn23)c1. The number of nitrogens with zero attached hydrogens (tertiary/aromatic N) is 5. The summed E-state index contributed by atoms with van der Waals surface area (Å²) in [4.78, 5) is 12.8. The third kappa shape index (κ3) is 5.10. The van der Waals surface area contributed by atoms with E-state index < -0.39 is 0 Å². The van der Waals surface area contributed by atoms with Crippen LogP contribution < -0.4 is 14.8 Å². The van der Waals surface area contributed by atoms with E-state index in [1.165, 1.54) is 17.3 Å². The van der Waals surface area contributed by atoms with Gasteiger partial charge in [0.25, 0.3) is 0 Å². The zero-order valence-electron chi connectivity index (χ0n) is 21.2. The zero-order valence-corrected chi connectivity index (χ0v) is 22.0. The number of carbonyl (C=O) groups is 1. The lowest BCUT2D eigenvalue weighted by Gasteiger charge is -2.13. The Balaban J connectivity index is 1.35. The van der Waals surface area contributed by atoms with Crippen LogP contribution in [0.3, 0.4) is 0 Å². The van der Waals surface area contributed by atoms with Gasteiger partial charge in [-0.1, -0.05) is 29.5 Å². The maximum absolute atomic E-state index is 12.8. The number of anilines is 1. The molecule has 5 aromatic rings. The lowest BCUT2D eigenvalue weighted by molar-refractivity contribution is -0.113. The molecule has 1 amide bonds. The van der Waals surface area contributed by atoms with Crippen molar-refractivity contribution in [1.82, 2.24) is 24.2 Å². The quantitative estimate of drug-likeness (QED) is 0.269. The Hall–Kier alpha value is -4.05. The topological polar surface area (TPSA) is 95.0 Å². The van der Waals surface area contributed by atoms with E-state index in [1.807, 2.05) is 47.3 Å². The molecule has 0 aliphatic heterocycles. The molecule has 0 aliphatic carbocycles. The first kappa shape index (κ1) is 24.6. The molecule has 0 spiro atoms. The standard InChI is InChI=1S/C27H28N6O3S/c1-5-35-19-9-10-24(36-6-2)22(14-19)28-25(34)16-37-27-30-29-26-23-15-21(31-33(23)12-11-32(26)27)20-13-17(3)7-8-18(20)4/h7-15H,5-6,16H2,1-4H3,(H,28,34). The van der Waals surface area contributed by atoms with Crippen molar-refractivity contribution in [3.8, 4) is 22.8 Å². The van der Waals surface area contributed by atoms with Gasteiger partial charge in [0.2, 0.25) is 5.91 Å². The largest absolute Gasteiger partial charge is 0.494 e. The van der Waals surface area contributed by atoms with E-state index in [1.54, 1.807) is 12.1 Å². The van der Waals surface area contributed by atoms with Gasteiger partial charge in [0.1, 0.15) is 17.0 Å². The Kier molecular flexibility index (Phi) is 7.00. The summed E-state index contributed by atoms with van der Waals surface area (Å²) in [5.74, 6) is 1.24. The van der Waals surface area contributed by atoms with Gasteiger partial charge in [-0.05, 0) is 57.5 Å². The number of hydrogen-bond donors (Lipinski definition) is 1. The van der Waals surface area contributed by atoms with Crippen molar-refractivity contribution in [2.45, 2.75) is 32.9 Å². The molecule has 0 radical (unpaired) electrons. The second kappa shape index (κ2) is 10.5. The van der Waals surface area contributed by atoms with Crippen LogP contribution in [-0.2, 0) is 4.79 Å². The summed E-state index contributed by atoms with van der Waals surface area (Å²) in [5, 5.41) is 17.0. The minimum Gasteiger partial charge on any atom is -0.494 e. The van der Waals surface area contributed by atoms with Crippen molar-refractivity contribution in [1.29, 1.82) is 0 Å². The number of fused-ring (bicyclic) bond motifs is 3. The lowest BCUT2D eigenvalue weighted by Crippen LogP contribution is -2.15. The smallest absolute Gasteiger partial charge is 0.234 e. The van der Waals surface area contributed by atoms with Crippen LogP contribution in [0.2, 0.25) is 0 Å². The first-order valence-electron chi connectivity index (χ1n) is 12.1. The highest BCUT2D eigenvalue weighted by molar-refractivity contribution is 7.99. The molecule has 0 bridgehead atoms. The predicted molar refractivity (Wildman–Crippen MR) is 145 cm³/mol. The molecule has 37 heavy (non-hydrogen) atoms. The molecule has 190 valence electrons. The van der Waals surface area contributed by atoms with Crippen molar-refractivity contribution < 1.29 is 14.3 Å². The fraction of sp³-hybridized carbons (Fsp3) is 0.259. The van der Waals surface area contributed by atoms with Crippen LogP contribution in [-0.4, -0.2) is 49.1 Å². The summed E-state index contributed by atoms with van der Waals surface area (Å²) in [6.07, 6.45) is 3.74. The monoisotopic (exact) mass is 516 g/mol. The van der Waals surface area contributed by atoms with Crippen LogP contribution in [0.1, 0.15) is 25.0 Å². The first-order valence-corrected chi connectivity index (χ1v) is 13.1. The number of amides is 1. The molecule has 0 atom stereocenters. The van der Waals surface area contributed by atoms with Gasteiger partial charge < -0.3 is 14.8 Å². The fourth-order valence-corrected chi connectivity index (χ4v) is 4.81. The van der Waals surface area contributed by atoms with E-state index >= 15 is 0 Å². The van der Waals surface area contributed by atoms with Gasteiger partial charge in [-0.15, -0.1) is 10.2 Å². The van der Waals surface area contributed by atoms with E-state index in [4.69, 9.17) is 14.6 Å². The van der Waals surface area contributed by atoms with Crippen LogP contribution in [0, 0.1) is 13.8 Å². The molecule has 0 unspecified atom stereocenters. The number of benzene rings is 2. The Bertz CT molecular complexity index is 1590. The number of nitrogens with one attached hydrogen (secondary N) is 1. The third-order valence-electron chi connectivity index (χ3n) is 5.82. The van der Waals surface area contributed by atoms with E-state index in [-0.39, 0.29) is 11.7 Å². The average Bonchev–Trinajstić information content (AvgIpc) is 3.50. The van der Waals surface area contributed by atoms with Gasteiger partial charge >= 0.3 is 0 Å². The summed E-state index contributed by atoms with van der Waals surface area (Å²) in [6.45, 7) is 8.99. The highest BCUT2D eigenvalue weighted by Crippen LogP contribution is 2.30. The van der Waals surface area contributed by atoms with Crippen LogP contribution in [0.15, 0.2) is 60.0 Å². The molecule has 3 heterocycles. The van der Waals surface area contributed by atoms with E-state index in [0.29, 0.717) is 41.2 Å². The molecule has 9 nitrogen and oxygen atoms in total. The van der Waals surface area contributed by atoms with Gasteiger partial charge in [0, 0.05) is 24.0 Å². The summed E-state index contributed by atoms with van der Waals surface area (Å²) < 4.78 is 14.9. The summed E-state index contributed by atoms with van der Waals surface area (Å²) >= 11 is 1.31. The number of thioether (sulfide) groups is 1. The van der Waals surface area contributed by atoms with Gasteiger partial charge in [-0.25, -0.2) is 4.52 Å². The number of carbonyl (C=O) groups excluding carboxylic acids is 1. The zero-order chi connectivity index (χ0) is 25.9. The first-order chi connectivity index (χ1) is 18.0. The second-order valence-corrected chi connectivity index (χ2v) is 9.46. The average molecular weight is 517 g/mol. The van der Waals surface area contributed by atoms with E-state index in [2.05, 4.69) is 47.6 Å². The van der Waals surface area contributed by atoms with Crippen LogP contribution >= 0.6 is 11.8 Å². The van der Waals surface area contributed by atoms with Crippen molar-refractivity contribution in [3.63, 3.8) is 0 Å². The van der Waals surface area contributed by atoms with Gasteiger partial charge in [-0.3, -0.25) is 9.20 Å².